The number of benzene rings is 1. The van der Waals surface area contributed by atoms with Crippen LogP contribution in [-0.2, 0) is 6.42 Å². The predicted octanol–water partition coefficient (Wildman–Crippen LogP) is 3.56. The Hall–Kier alpha value is -1.92. The third-order valence-corrected chi connectivity index (χ3v) is 5.57. The van der Waals surface area contributed by atoms with Gasteiger partial charge >= 0.3 is 0 Å². The van der Waals surface area contributed by atoms with Crippen LogP contribution in [0.5, 0.6) is 0 Å². The number of thiazole rings is 1. The van der Waals surface area contributed by atoms with Crippen molar-refractivity contribution < 1.29 is 4.39 Å². The van der Waals surface area contributed by atoms with Crippen molar-refractivity contribution in [1.29, 1.82) is 0 Å². The monoisotopic (exact) mass is 344 g/mol. The molecule has 0 aliphatic carbocycles. The number of fused-ring (bicyclic) bond motifs is 1. The number of hydrogen-bond donors (Lipinski definition) is 2. The number of anilines is 1. The van der Waals surface area contributed by atoms with E-state index in [1.165, 1.54) is 11.6 Å². The lowest BCUT2D eigenvalue weighted by Gasteiger charge is -2.32. The molecule has 126 valence electrons. The van der Waals surface area contributed by atoms with E-state index in [2.05, 4.69) is 20.2 Å². The minimum absolute atomic E-state index is 0.194. The van der Waals surface area contributed by atoms with E-state index in [1.54, 1.807) is 17.4 Å². The molecule has 0 unspecified atom stereocenters. The number of H-pyrrole nitrogens is 1. The molecule has 1 aliphatic heterocycles. The summed E-state index contributed by atoms with van der Waals surface area (Å²) in [6.45, 7) is 3.08. The second kappa shape index (κ2) is 6.91. The minimum Gasteiger partial charge on any atom is -0.361 e. The van der Waals surface area contributed by atoms with Gasteiger partial charge in [-0.15, -0.1) is 11.3 Å². The highest BCUT2D eigenvalue weighted by molar-refractivity contribution is 7.13. The van der Waals surface area contributed by atoms with Crippen LogP contribution < -0.4 is 10.2 Å². The van der Waals surface area contributed by atoms with Crippen LogP contribution in [0.2, 0.25) is 0 Å². The van der Waals surface area contributed by atoms with Crippen LogP contribution in [0.3, 0.4) is 0 Å². The van der Waals surface area contributed by atoms with E-state index < -0.39 is 0 Å². The van der Waals surface area contributed by atoms with Crippen molar-refractivity contribution in [3.8, 4) is 0 Å². The molecule has 3 heterocycles. The van der Waals surface area contributed by atoms with Gasteiger partial charge in [0.25, 0.3) is 0 Å². The number of aromatic amines is 1. The van der Waals surface area contributed by atoms with E-state index in [0.717, 1.165) is 54.9 Å². The lowest BCUT2D eigenvalue weighted by molar-refractivity contribution is 0.417. The average Bonchev–Trinajstić information content (AvgIpc) is 3.25. The van der Waals surface area contributed by atoms with Gasteiger partial charge in [-0.1, -0.05) is 0 Å². The molecule has 0 bridgehead atoms. The maximum absolute atomic E-state index is 13.2. The SMILES string of the molecule is Fc1ccc2c(CCNC3CCN(c4nccs4)CC3)c[nH]c2c1. The largest absolute Gasteiger partial charge is 0.361 e. The van der Waals surface area contributed by atoms with Gasteiger partial charge in [0.05, 0.1) is 0 Å². The van der Waals surface area contributed by atoms with Gasteiger partial charge in [-0.05, 0) is 49.6 Å². The lowest BCUT2D eigenvalue weighted by Crippen LogP contribution is -2.43. The Labute approximate surface area is 144 Å². The van der Waals surface area contributed by atoms with Crippen molar-refractivity contribution in [1.82, 2.24) is 15.3 Å². The molecular weight excluding hydrogens is 323 g/mol. The van der Waals surface area contributed by atoms with E-state index in [-0.39, 0.29) is 5.82 Å². The van der Waals surface area contributed by atoms with Crippen LogP contribution in [0.4, 0.5) is 9.52 Å². The average molecular weight is 344 g/mol. The molecule has 4 rings (SSSR count). The van der Waals surface area contributed by atoms with E-state index >= 15 is 0 Å². The summed E-state index contributed by atoms with van der Waals surface area (Å²) in [4.78, 5) is 9.92. The summed E-state index contributed by atoms with van der Waals surface area (Å²) in [6, 6.07) is 5.52. The topological polar surface area (TPSA) is 44.0 Å². The first-order valence-electron chi connectivity index (χ1n) is 8.43. The van der Waals surface area contributed by atoms with Crippen molar-refractivity contribution in [2.45, 2.75) is 25.3 Å². The summed E-state index contributed by atoms with van der Waals surface area (Å²) in [5, 5.41) is 7.97. The molecule has 2 aromatic heterocycles. The summed E-state index contributed by atoms with van der Waals surface area (Å²) in [6.07, 6.45) is 7.13. The molecule has 4 nitrogen and oxygen atoms in total. The number of nitrogens with one attached hydrogen (secondary N) is 2. The highest BCUT2D eigenvalue weighted by atomic mass is 32.1. The van der Waals surface area contributed by atoms with Gasteiger partial charge in [-0.3, -0.25) is 0 Å². The zero-order valence-electron chi connectivity index (χ0n) is 13.5. The van der Waals surface area contributed by atoms with E-state index in [4.69, 9.17) is 0 Å². The van der Waals surface area contributed by atoms with E-state index in [0.29, 0.717) is 6.04 Å². The number of piperidine rings is 1. The van der Waals surface area contributed by atoms with Crippen molar-refractivity contribution in [2.75, 3.05) is 24.5 Å². The fourth-order valence-corrected chi connectivity index (χ4v) is 4.12. The molecule has 2 N–H and O–H groups in total. The quantitative estimate of drug-likeness (QED) is 0.744. The van der Waals surface area contributed by atoms with Crippen LogP contribution >= 0.6 is 11.3 Å². The molecule has 0 spiro atoms. The van der Waals surface area contributed by atoms with Gasteiger partial charge in [-0.25, -0.2) is 9.37 Å². The van der Waals surface area contributed by atoms with Gasteiger partial charge in [0, 0.05) is 47.8 Å². The Morgan fingerprint density at radius 3 is 3.00 bits per heavy atom. The third kappa shape index (κ3) is 3.30. The van der Waals surface area contributed by atoms with Gasteiger partial charge in [0.1, 0.15) is 5.82 Å². The Balaban J connectivity index is 1.27. The Bertz CT molecular complexity index is 791. The van der Waals surface area contributed by atoms with Gasteiger partial charge < -0.3 is 15.2 Å². The van der Waals surface area contributed by atoms with Crippen LogP contribution in [-0.4, -0.2) is 35.6 Å². The molecule has 0 radical (unpaired) electrons. The van der Waals surface area contributed by atoms with Gasteiger partial charge in [-0.2, -0.15) is 0 Å². The Morgan fingerprint density at radius 2 is 2.21 bits per heavy atom. The summed E-state index contributed by atoms with van der Waals surface area (Å²) >= 11 is 1.71. The number of hydrogen-bond acceptors (Lipinski definition) is 4. The molecule has 1 aromatic carbocycles. The number of rotatable bonds is 5. The van der Waals surface area contributed by atoms with E-state index in [9.17, 15) is 4.39 Å². The summed E-state index contributed by atoms with van der Waals surface area (Å²) < 4.78 is 13.2. The fraction of sp³-hybridized carbons (Fsp3) is 0.389. The Morgan fingerprint density at radius 1 is 1.33 bits per heavy atom. The van der Waals surface area contributed by atoms with Crippen LogP contribution in [0, 0.1) is 5.82 Å². The summed E-state index contributed by atoms with van der Waals surface area (Å²) in [5.74, 6) is -0.194. The molecule has 0 saturated carbocycles. The molecular formula is C18H21FN4S. The molecule has 1 aliphatic rings. The smallest absolute Gasteiger partial charge is 0.185 e. The third-order valence-electron chi connectivity index (χ3n) is 4.74. The number of halogens is 1. The standard InChI is InChI=1S/C18H21FN4S/c19-14-1-2-16-13(12-22-17(16)11-14)3-6-20-15-4-8-23(9-5-15)18-21-7-10-24-18/h1-2,7,10-12,15,20,22H,3-6,8-9H2. The second-order valence-electron chi connectivity index (χ2n) is 6.28. The minimum atomic E-state index is -0.194. The van der Waals surface area contributed by atoms with Crippen LogP contribution in [0.1, 0.15) is 18.4 Å². The van der Waals surface area contributed by atoms with Crippen LogP contribution in [0.15, 0.2) is 36.0 Å². The summed E-state index contributed by atoms with van der Waals surface area (Å²) in [7, 11) is 0. The molecule has 24 heavy (non-hydrogen) atoms. The molecule has 0 atom stereocenters. The normalized spacial score (nSPS) is 16.1. The highest BCUT2D eigenvalue weighted by Gasteiger charge is 2.20. The van der Waals surface area contributed by atoms with E-state index in [1.807, 2.05) is 23.8 Å². The molecule has 1 fully saturated rings. The zero-order chi connectivity index (χ0) is 16.4. The first-order valence-corrected chi connectivity index (χ1v) is 9.31. The molecule has 0 amide bonds. The van der Waals surface area contributed by atoms with Crippen molar-refractivity contribution in [2.24, 2.45) is 0 Å². The first-order chi connectivity index (χ1) is 11.8. The molecule has 3 aromatic rings. The fourth-order valence-electron chi connectivity index (χ4n) is 3.42. The lowest BCUT2D eigenvalue weighted by atomic mass is 10.0. The maximum atomic E-state index is 13.2. The summed E-state index contributed by atoms with van der Waals surface area (Å²) in [5.41, 5.74) is 2.12. The first kappa shape index (κ1) is 15.6. The van der Waals surface area contributed by atoms with Crippen molar-refractivity contribution >= 4 is 27.4 Å². The predicted molar refractivity (Wildman–Crippen MR) is 97.3 cm³/mol. The second-order valence-corrected chi connectivity index (χ2v) is 7.16. The van der Waals surface area contributed by atoms with Crippen molar-refractivity contribution in [3.05, 3.63) is 47.4 Å². The molecule has 1 saturated heterocycles. The molecule has 6 heteroatoms. The highest BCUT2D eigenvalue weighted by Crippen LogP contribution is 2.22. The zero-order valence-corrected chi connectivity index (χ0v) is 14.3. The maximum Gasteiger partial charge on any atom is 0.185 e. The van der Waals surface area contributed by atoms with Crippen molar-refractivity contribution in [3.63, 3.8) is 0 Å². The van der Waals surface area contributed by atoms with Gasteiger partial charge in [0.15, 0.2) is 5.13 Å². The number of aromatic nitrogens is 2. The van der Waals surface area contributed by atoms with Gasteiger partial charge in [0.2, 0.25) is 0 Å². The number of nitrogens with zero attached hydrogens (tertiary/aromatic N) is 2. The van der Waals surface area contributed by atoms with Crippen LogP contribution in [0.25, 0.3) is 10.9 Å². The Kier molecular flexibility index (Phi) is 4.49.